The third kappa shape index (κ3) is 1.49. The van der Waals surface area contributed by atoms with Crippen LogP contribution in [0.5, 0.6) is 11.5 Å². The smallest absolute Gasteiger partial charge is 0.311 e. The summed E-state index contributed by atoms with van der Waals surface area (Å²) in [6, 6.07) is 5.55. The zero-order valence-electron chi connectivity index (χ0n) is 7.37. The molecule has 1 aromatic carbocycles. The molecule has 3 heteroatoms. The van der Waals surface area contributed by atoms with Crippen molar-refractivity contribution >= 4 is 5.97 Å². The van der Waals surface area contributed by atoms with Crippen LogP contribution in [0.15, 0.2) is 18.2 Å². The van der Waals surface area contributed by atoms with Gasteiger partial charge in [0, 0.05) is 6.07 Å². The number of hydrogen-bond donors (Lipinski definition) is 0. The lowest BCUT2D eigenvalue weighted by Crippen LogP contribution is -2.15. The van der Waals surface area contributed by atoms with Crippen molar-refractivity contribution in [2.45, 2.75) is 12.8 Å². The van der Waals surface area contributed by atoms with Crippen molar-refractivity contribution in [2.75, 3.05) is 7.11 Å². The first-order valence-electron chi connectivity index (χ1n) is 4.17. The summed E-state index contributed by atoms with van der Waals surface area (Å²) in [5.41, 5.74) is 1.07. The summed E-state index contributed by atoms with van der Waals surface area (Å²) in [7, 11) is 1.59. The average molecular weight is 178 g/mol. The Hall–Kier alpha value is -1.51. The lowest BCUT2D eigenvalue weighted by molar-refractivity contribution is -0.135. The number of hydrogen-bond acceptors (Lipinski definition) is 3. The highest BCUT2D eigenvalue weighted by Gasteiger charge is 2.16. The molecule has 1 aromatic rings. The summed E-state index contributed by atoms with van der Waals surface area (Å²) < 4.78 is 10.1. The molecule has 0 aromatic heterocycles. The van der Waals surface area contributed by atoms with E-state index in [2.05, 4.69) is 0 Å². The predicted molar refractivity (Wildman–Crippen MR) is 47.0 cm³/mol. The molecule has 0 saturated heterocycles. The van der Waals surface area contributed by atoms with Gasteiger partial charge in [-0.3, -0.25) is 4.79 Å². The molecule has 1 aliphatic rings. The molecule has 0 unspecified atom stereocenters. The van der Waals surface area contributed by atoms with Crippen LogP contribution in [0.1, 0.15) is 12.0 Å². The molecular formula is C10H10O3. The van der Waals surface area contributed by atoms with E-state index in [0.717, 1.165) is 12.0 Å². The second-order valence-corrected chi connectivity index (χ2v) is 2.95. The van der Waals surface area contributed by atoms with Gasteiger partial charge in [0.25, 0.3) is 0 Å². The van der Waals surface area contributed by atoms with Crippen LogP contribution >= 0.6 is 0 Å². The number of esters is 1. The Morgan fingerprint density at radius 3 is 3.00 bits per heavy atom. The van der Waals surface area contributed by atoms with Crippen molar-refractivity contribution in [3.05, 3.63) is 23.8 Å². The Morgan fingerprint density at radius 2 is 2.23 bits per heavy atom. The largest absolute Gasteiger partial charge is 0.497 e. The molecule has 0 spiro atoms. The highest BCUT2D eigenvalue weighted by Crippen LogP contribution is 2.29. The monoisotopic (exact) mass is 178 g/mol. The summed E-state index contributed by atoms with van der Waals surface area (Å²) >= 11 is 0. The second kappa shape index (κ2) is 3.09. The number of ether oxygens (including phenoxy) is 2. The Balaban J connectivity index is 2.38. The van der Waals surface area contributed by atoms with Gasteiger partial charge in [-0.15, -0.1) is 0 Å². The van der Waals surface area contributed by atoms with E-state index in [1.54, 1.807) is 13.2 Å². The number of rotatable bonds is 1. The first kappa shape index (κ1) is 8.10. The number of benzene rings is 1. The van der Waals surface area contributed by atoms with Crippen molar-refractivity contribution in [1.82, 2.24) is 0 Å². The van der Waals surface area contributed by atoms with Crippen LogP contribution in [-0.2, 0) is 11.2 Å². The van der Waals surface area contributed by atoms with Gasteiger partial charge in [0.1, 0.15) is 11.5 Å². The number of carbonyl (C=O) groups excluding carboxylic acids is 1. The van der Waals surface area contributed by atoms with Crippen LogP contribution in [-0.4, -0.2) is 13.1 Å². The summed E-state index contributed by atoms with van der Waals surface area (Å²) in [6.07, 6.45) is 1.23. The molecule has 0 fully saturated rings. The maximum Gasteiger partial charge on any atom is 0.311 e. The van der Waals surface area contributed by atoms with E-state index in [4.69, 9.17) is 9.47 Å². The van der Waals surface area contributed by atoms with Crippen molar-refractivity contribution in [1.29, 1.82) is 0 Å². The van der Waals surface area contributed by atoms with E-state index >= 15 is 0 Å². The molecule has 0 saturated carbocycles. The first-order valence-corrected chi connectivity index (χ1v) is 4.17. The summed E-state index contributed by atoms with van der Waals surface area (Å²) in [5.74, 6) is 1.19. The lowest BCUT2D eigenvalue weighted by Gasteiger charge is -2.15. The average Bonchev–Trinajstić information content (AvgIpc) is 2.16. The van der Waals surface area contributed by atoms with Crippen molar-refractivity contribution in [3.8, 4) is 11.5 Å². The lowest BCUT2D eigenvalue weighted by atomic mass is 10.1. The van der Waals surface area contributed by atoms with Crippen molar-refractivity contribution in [3.63, 3.8) is 0 Å². The number of fused-ring (bicyclic) bond motifs is 1. The van der Waals surface area contributed by atoms with Gasteiger partial charge >= 0.3 is 5.97 Å². The van der Waals surface area contributed by atoms with Gasteiger partial charge in [-0.2, -0.15) is 0 Å². The molecule has 3 nitrogen and oxygen atoms in total. The van der Waals surface area contributed by atoms with Gasteiger partial charge in [0.05, 0.1) is 13.5 Å². The molecule has 0 N–H and O–H groups in total. The Labute approximate surface area is 76.3 Å². The molecule has 2 rings (SSSR count). The fourth-order valence-electron chi connectivity index (χ4n) is 1.37. The van der Waals surface area contributed by atoms with Gasteiger partial charge < -0.3 is 9.47 Å². The van der Waals surface area contributed by atoms with Crippen LogP contribution in [0.25, 0.3) is 0 Å². The third-order valence-corrected chi connectivity index (χ3v) is 2.10. The Morgan fingerprint density at radius 1 is 1.38 bits per heavy atom. The van der Waals surface area contributed by atoms with Crippen LogP contribution in [0.4, 0.5) is 0 Å². The van der Waals surface area contributed by atoms with E-state index < -0.39 is 0 Å². The molecule has 0 bridgehead atoms. The van der Waals surface area contributed by atoms with Gasteiger partial charge in [0.15, 0.2) is 0 Å². The number of carbonyl (C=O) groups is 1. The topological polar surface area (TPSA) is 35.5 Å². The van der Waals surface area contributed by atoms with E-state index in [9.17, 15) is 4.79 Å². The zero-order valence-corrected chi connectivity index (χ0v) is 7.37. The molecular weight excluding hydrogens is 168 g/mol. The van der Waals surface area contributed by atoms with Crippen LogP contribution in [0.3, 0.4) is 0 Å². The minimum Gasteiger partial charge on any atom is -0.497 e. The quantitative estimate of drug-likeness (QED) is 0.483. The van der Waals surface area contributed by atoms with Gasteiger partial charge in [-0.1, -0.05) is 6.07 Å². The highest BCUT2D eigenvalue weighted by molar-refractivity contribution is 5.75. The Kier molecular flexibility index (Phi) is 1.93. The summed E-state index contributed by atoms with van der Waals surface area (Å²) in [5, 5.41) is 0. The van der Waals surface area contributed by atoms with E-state index in [-0.39, 0.29) is 5.97 Å². The van der Waals surface area contributed by atoms with Gasteiger partial charge in [0.2, 0.25) is 0 Å². The summed E-state index contributed by atoms with van der Waals surface area (Å²) in [4.78, 5) is 11.0. The maximum atomic E-state index is 11.0. The molecule has 0 radical (unpaired) electrons. The predicted octanol–water partition coefficient (Wildman–Crippen LogP) is 1.55. The Bertz CT molecular complexity index is 344. The fourth-order valence-corrected chi connectivity index (χ4v) is 1.37. The number of aryl methyl sites for hydroxylation is 1. The van der Waals surface area contributed by atoms with Crippen LogP contribution in [0, 0.1) is 0 Å². The number of methoxy groups -OCH3 is 1. The molecule has 0 aliphatic carbocycles. The van der Waals surface area contributed by atoms with Gasteiger partial charge in [-0.25, -0.2) is 0 Å². The minimum atomic E-state index is -0.166. The molecule has 1 aliphatic heterocycles. The molecule has 1 heterocycles. The maximum absolute atomic E-state index is 11.0. The highest BCUT2D eigenvalue weighted by atomic mass is 16.5. The van der Waals surface area contributed by atoms with E-state index in [1.165, 1.54) is 0 Å². The SMILES string of the molecule is COc1ccc2c(c1)OC(=O)CC2. The van der Waals surface area contributed by atoms with E-state index in [0.29, 0.717) is 17.9 Å². The van der Waals surface area contributed by atoms with Crippen LogP contribution in [0.2, 0.25) is 0 Å². The second-order valence-electron chi connectivity index (χ2n) is 2.95. The first-order chi connectivity index (χ1) is 6.29. The fraction of sp³-hybridized carbons (Fsp3) is 0.300. The molecule has 68 valence electrons. The zero-order chi connectivity index (χ0) is 9.26. The third-order valence-electron chi connectivity index (χ3n) is 2.10. The molecule has 0 atom stereocenters. The summed E-state index contributed by atoms with van der Waals surface area (Å²) in [6.45, 7) is 0. The minimum absolute atomic E-state index is 0.166. The van der Waals surface area contributed by atoms with Gasteiger partial charge in [-0.05, 0) is 18.1 Å². The standard InChI is InChI=1S/C10H10O3/c1-12-8-4-2-7-3-5-10(11)13-9(7)6-8/h2,4,6H,3,5H2,1H3. The molecule has 13 heavy (non-hydrogen) atoms. The normalized spacial score (nSPS) is 14.7. The van der Waals surface area contributed by atoms with Crippen molar-refractivity contribution in [2.24, 2.45) is 0 Å². The van der Waals surface area contributed by atoms with E-state index in [1.807, 2.05) is 12.1 Å². The molecule has 0 amide bonds. The van der Waals surface area contributed by atoms with Crippen molar-refractivity contribution < 1.29 is 14.3 Å². The van der Waals surface area contributed by atoms with Crippen LogP contribution < -0.4 is 9.47 Å².